The fraction of sp³-hybridized carbons (Fsp3) is 0.316. The Kier molecular flexibility index (Phi) is 4.63. The minimum atomic E-state index is -0.142. The van der Waals surface area contributed by atoms with Gasteiger partial charge in [-0.2, -0.15) is 0 Å². The van der Waals surface area contributed by atoms with Crippen molar-refractivity contribution in [1.29, 1.82) is 0 Å². The number of amides is 1. The van der Waals surface area contributed by atoms with Crippen LogP contribution in [0.3, 0.4) is 0 Å². The van der Waals surface area contributed by atoms with Crippen molar-refractivity contribution in [2.45, 2.75) is 26.3 Å². The first-order valence-corrected chi connectivity index (χ1v) is 9.54. The van der Waals surface area contributed by atoms with Gasteiger partial charge in [0.1, 0.15) is 5.69 Å². The fourth-order valence-electron chi connectivity index (χ4n) is 3.26. The average Bonchev–Trinajstić information content (AvgIpc) is 3.28. The Hall–Kier alpha value is -2.41. The van der Waals surface area contributed by atoms with E-state index in [1.165, 1.54) is 12.8 Å². The zero-order valence-corrected chi connectivity index (χ0v) is 16.1. The van der Waals surface area contributed by atoms with Crippen LogP contribution in [0.2, 0.25) is 0 Å². The molecule has 0 radical (unpaired) electrons. The van der Waals surface area contributed by atoms with Gasteiger partial charge in [0.25, 0.3) is 5.91 Å². The van der Waals surface area contributed by atoms with E-state index in [-0.39, 0.29) is 5.91 Å². The van der Waals surface area contributed by atoms with E-state index in [1.807, 2.05) is 37.3 Å². The summed E-state index contributed by atoms with van der Waals surface area (Å²) in [5, 5.41) is 3.94. The summed E-state index contributed by atoms with van der Waals surface area (Å²) in [6.07, 6.45) is 2.36. The molecule has 0 bridgehead atoms. The van der Waals surface area contributed by atoms with Crippen LogP contribution >= 0.6 is 15.9 Å². The average molecular weight is 414 g/mol. The molecule has 0 spiro atoms. The maximum absolute atomic E-state index is 12.5. The van der Waals surface area contributed by atoms with Crippen LogP contribution in [0, 0.1) is 6.92 Å². The van der Waals surface area contributed by atoms with E-state index in [1.54, 1.807) is 0 Å². The summed E-state index contributed by atoms with van der Waals surface area (Å²) in [4.78, 5) is 27.0. The molecule has 2 N–H and O–H groups in total. The summed E-state index contributed by atoms with van der Waals surface area (Å²) in [7, 11) is 0. The number of aryl methyl sites for hydroxylation is 1. The number of aromatic nitrogens is 3. The molecule has 0 saturated carbocycles. The Labute approximate surface area is 160 Å². The van der Waals surface area contributed by atoms with Gasteiger partial charge in [-0.1, -0.05) is 15.9 Å². The molecule has 1 aliphatic rings. The van der Waals surface area contributed by atoms with Crippen LogP contribution in [-0.2, 0) is 6.54 Å². The van der Waals surface area contributed by atoms with Crippen molar-refractivity contribution in [3.63, 3.8) is 0 Å². The van der Waals surface area contributed by atoms with Gasteiger partial charge in [0.2, 0.25) is 5.95 Å². The van der Waals surface area contributed by atoms with Gasteiger partial charge >= 0.3 is 0 Å². The van der Waals surface area contributed by atoms with Gasteiger partial charge in [-0.05, 0) is 50.1 Å². The molecule has 6 nitrogen and oxygen atoms in total. The highest BCUT2D eigenvalue weighted by Crippen LogP contribution is 2.21. The van der Waals surface area contributed by atoms with E-state index in [0.717, 1.165) is 45.8 Å². The quantitative estimate of drug-likeness (QED) is 0.685. The first-order valence-electron chi connectivity index (χ1n) is 8.74. The molecule has 7 heteroatoms. The number of carbonyl (C=O) groups excluding carboxylic acids is 1. The third-order valence-corrected chi connectivity index (χ3v) is 5.04. The molecule has 134 valence electrons. The van der Waals surface area contributed by atoms with Crippen LogP contribution in [0.1, 0.15) is 34.7 Å². The number of carbonyl (C=O) groups is 1. The van der Waals surface area contributed by atoms with Gasteiger partial charge in [-0.3, -0.25) is 4.79 Å². The summed E-state index contributed by atoms with van der Waals surface area (Å²) in [5.41, 5.74) is 3.23. The van der Waals surface area contributed by atoms with E-state index in [2.05, 4.69) is 41.1 Å². The van der Waals surface area contributed by atoms with Crippen LogP contribution in [0.15, 0.2) is 34.8 Å². The molecule has 4 rings (SSSR count). The standard InChI is InChI=1S/C19H20BrN5O/c1-12-8-15(23-19(22-12)25-6-2-3-7-25)11-21-18(26)17-10-13-9-14(20)4-5-16(13)24-17/h4-5,8-10,24H,2-3,6-7,11H2,1H3,(H,21,26). The Bertz CT molecular complexity index is 962. The monoisotopic (exact) mass is 413 g/mol. The molecule has 1 fully saturated rings. The number of anilines is 1. The van der Waals surface area contributed by atoms with Gasteiger partial charge in [-0.25, -0.2) is 9.97 Å². The van der Waals surface area contributed by atoms with Crippen LogP contribution in [-0.4, -0.2) is 33.9 Å². The van der Waals surface area contributed by atoms with Crippen molar-refractivity contribution in [2.75, 3.05) is 18.0 Å². The molecule has 0 atom stereocenters. The molecule has 0 aliphatic carbocycles. The van der Waals surface area contributed by atoms with Gasteiger partial charge < -0.3 is 15.2 Å². The summed E-state index contributed by atoms with van der Waals surface area (Å²) < 4.78 is 0.988. The second-order valence-corrected chi connectivity index (χ2v) is 7.51. The minimum absolute atomic E-state index is 0.142. The molecule has 26 heavy (non-hydrogen) atoms. The van der Waals surface area contributed by atoms with Gasteiger partial charge in [0.15, 0.2) is 0 Å². The molecule has 3 heterocycles. The lowest BCUT2D eigenvalue weighted by atomic mass is 10.2. The van der Waals surface area contributed by atoms with Crippen molar-refractivity contribution >= 4 is 38.7 Å². The maximum Gasteiger partial charge on any atom is 0.268 e. The Balaban J connectivity index is 1.48. The number of nitrogens with zero attached hydrogens (tertiary/aromatic N) is 3. The lowest BCUT2D eigenvalue weighted by Crippen LogP contribution is -2.25. The highest BCUT2D eigenvalue weighted by Gasteiger charge is 2.16. The first kappa shape index (κ1) is 17.0. The third-order valence-electron chi connectivity index (χ3n) is 4.54. The predicted octanol–water partition coefficient (Wildman–Crippen LogP) is 3.56. The molecule has 3 aromatic rings. The van der Waals surface area contributed by atoms with Crippen molar-refractivity contribution in [3.05, 3.63) is 51.9 Å². The molecular weight excluding hydrogens is 394 g/mol. The van der Waals surface area contributed by atoms with Crippen molar-refractivity contribution < 1.29 is 4.79 Å². The highest BCUT2D eigenvalue weighted by atomic mass is 79.9. The smallest absolute Gasteiger partial charge is 0.268 e. The maximum atomic E-state index is 12.5. The lowest BCUT2D eigenvalue weighted by Gasteiger charge is -2.16. The van der Waals surface area contributed by atoms with Crippen LogP contribution < -0.4 is 10.2 Å². The van der Waals surface area contributed by atoms with Gasteiger partial charge in [-0.15, -0.1) is 0 Å². The molecule has 1 amide bonds. The predicted molar refractivity (Wildman–Crippen MR) is 105 cm³/mol. The Morgan fingerprint density at radius 3 is 2.85 bits per heavy atom. The zero-order chi connectivity index (χ0) is 18.1. The van der Waals surface area contributed by atoms with Gasteiger partial charge in [0, 0.05) is 34.2 Å². The summed E-state index contributed by atoms with van der Waals surface area (Å²) in [6.45, 7) is 4.34. The molecular formula is C19H20BrN5O. The van der Waals surface area contributed by atoms with E-state index >= 15 is 0 Å². The number of hydrogen-bond acceptors (Lipinski definition) is 4. The summed E-state index contributed by atoms with van der Waals surface area (Å²) in [5.74, 6) is 0.624. The second kappa shape index (κ2) is 7.07. The number of benzene rings is 1. The SMILES string of the molecule is Cc1cc(CNC(=O)c2cc3cc(Br)ccc3[nH]2)nc(N2CCCC2)n1. The largest absolute Gasteiger partial charge is 0.351 e. The second-order valence-electron chi connectivity index (χ2n) is 6.59. The number of aromatic amines is 1. The van der Waals surface area contributed by atoms with Crippen LogP contribution in [0.25, 0.3) is 10.9 Å². The number of nitrogens with one attached hydrogen (secondary N) is 2. The number of fused-ring (bicyclic) bond motifs is 1. The fourth-order valence-corrected chi connectivity index (χ4v) is 3.64. The van der Waals surface area contributed by atoms with E-state index in [4.69, 9.17) is 0 Å². The Morgan fingerprint density at radius 1 is 1.23 bits per heavy atom. The lowest BCUT2D eigenvalue weighted by molar-refractivity contribution is 0.0946. The molecule has 0 unspecified atom stereocenters. The number of hydrogen-bond donors (Lipinski definition) is 2. The van der Waals surface area contributed by atoms with Crippen molar-refractivity contribution in [2.24, 2.45) is 0 Å². The first-order chi connectivity index (χ1) is 12.6. The molecule has 1 aromatic carbocycles. The van der Waals surface area contributed by atoms with E-state index < -0.39 is 0 Å². The van der Waals surface area contributed by atoms with Crippen molar-refractivity contribution in [3.8, 4) is 0 Å². The van der Waals surface area contributed by atoms with Gasteiger partial charge in [0.05, 0.1) is 12.2 Å². The Morgan fingerprint density at radius 2 is 2.04 bits per heavy atom. The summed E-state index contributed by atoms with van der Waals surface area (Å²) >= 11 is 3.45. The molecule has 1 saturated heterocycles. The molecule has 1 aliphatic heterocycles. The van der Waals surface area contributed by atoms with Crippen LogP contribution in [0.5, 0.6) is 0 Å². The highest BCUT2D eigenvalue weighted by molar-refractivity contribution is 9.10. The van der Waals surface area contributed by atoms with Crippen molar-refractivity contribution in [1.82, 2.24) is 20.3 Å². The number of H-pyrrole nitrogens is 1. The zero-order valence-electron chi connectivity index (χ0n) is 14.6. The third kappa shape index (κ3) is 3.58. The molecule has 2 aromatic heterocycles. The summed E-state index contributed by atoms with van der Waals surface area (Å²) in [6, 6.07) is 9.66. The number of rotatable bonds is 4. The normalized spacial score (nSPS) is 14.2. The van der Waals surface area contributed by atoms with E-state index in [0.29, 0.717) is 12.2 Å². The van der Waals surface area contributed by atoms with Crippen LogP contribution in [0.4, 0.5) is 5.95 Å². The number of halogens is 1. The minimum Gasteiger partial charge on any atom is -0.351 e. The topological polar surface area (TPSA) is 73.9 Å². The van der Waals surface area contributed by atoms with E-state index in [9.17, 15) is 4.79 Å².